The number of aryl methyl sites for hydroxylation is 1. The first-order valence-corrected chi connectivity index (χ1v) is 8.33. The molecule has 4 nitrogen and oxygen atoms in total. The second kappa shape index (κ2) is 6.81. The van der Waals surface area contributed by atoms with Gasteiger partial charge in [-0.15, -0.1) is 0 Å². The number of aliphatic carboxylic acids is 1. The Morgan fingerprint density at radius 3 is 2.37 bits per heavy atom. The van der Waals surface area contributed by atoms with Gasteiger partial charge in [-0.25, -0.2) is 4.79 Å². The topological polar surface area (TPSA) is 55.8 Å². The molecular formula is C19H14ClF3O4. The van der Waals surface area contributed by atoms with Gasteiger partial charge < -0.3 is 14.6 Å². The fourth-order valence-electron chi connectivity index (χ4n) is 2.58. The van der Waals surface area contributed by atoms with Gasteiger partial charge in [-0.3, -0.25) is 0 Å². The third-order valence-electron chi connectivity index (χ3n) is 4.04. The van der Waals surface area contributed by atoms with E-state index in [-0.39, 0.29) is 17.1 Å². The first kappa shape index (κ1) is 19.1. The molecule has 2 aromatic rings. The van der Waals surface area contributed by atoms with Gasteiger partial charge in [0, 0.05) is 11.6 Å². The van der Waals surface area contributed by atoms with Gasteiger partial charge in [0.05, 0.1) is 0 Å². The highest BCUT2D eigenvalue weighted by molar-refractivity contribution is 6.29. The van der Waals surface area contributed by atoms with E-state index < -0.39 is 22.8 Å². The minimum atomic E-state index is -5.14. The summed E-state index contributed by atoms with van der Waals surface area (Å²) >= 11 is 5.55. The summed E-state index contributed by atoms with van der Waals surface area (Å²) in [7, 11) is 0. The van der Waals surface area contributed by atoms with Gasteiger partial charge in [0.15, 0.2) is 0 Å². The lowest BCUT2D eigenvalue weighted by atomic mass is 10.0. The molecule has 0 fully saturated rings. The lowest BCUT2D eigenvalue weighted by Gasteiger charge is -2.34. The SMILES string of the molecule is CCc1ccc(Oc2ccc3c(c2)OC(Cl)(C(F)(F)F)C(C(=O)O)=C3)cc1. The fraction of sp³-hybridized carbons (Fsp3) is 0.211. The van der Waals surface area contributed by atoms with Crippen LogP contribution >= 0.6 is 11.6 Å². The molecule has 0 aromatic heterocycles. The Kier molecular flexibility index (Phi) is 4.82. The van der Waals surface area contributed by atoms with Crippen LogP contribution in [0.2, 0.25) is 0 Å². The number of rotatable bonds is 4. The van der Waals surface area contributed by atoms with Gasteiger partial charge >= 0.3 is 17.2 Å². The van der Waals surface area contributed by atoms with Crippen molar-refractivity contribution in [3.05, 3.63) is 59.2 Å². The van der Waals surface area contributed by atoms with Crippen molar-refractivity contribution in [1.82, 2.24) is 0 Å². The van der Waals surface area contributed by atoms with Crippen molar-refractivity contribution >= 4 is 23.6 Å². The number of hydrogen-bond donors (Lipinski definition) is 1. The number of carboxylic acids is 1. The van der Waals surface area contributed by atoms with E-state index in [1.165, 1.54) is 18.2 Å². The molecule has 0 spiro atoms. The average molecular weight is 399 g/mol. The molecule has 0 radical (unpaired) electrons. The fourth-order valence-corrected chi connectivity index (χ4v) is 2.80. The predicted molar refractivity (Wildman–Crippen MR) is 93.2 cm³/mol. The van der Waals surface area contributed by atoms with E-state index in [1.807, 2.05) is 19.1 Å². The molecule has 142 valence electrons. The molecule has 0 saturated heterocycles. The Morgan fingerprint density at radius 1 is 1.19 bits per heavy atom. The molecular weight excluding hydrogens is 385 g/mol. The summed E-state index contributed by atoms with van der Waals surface area (Å²) in [5.74, 6) is -1.32. The van der Waals surface area contributed by atoms with Crippen molar-refractivity contribution in [1.29, 1.82) is 0 Å². The third-order valence-corrected chi connectivity index (χ3v) is 4.54. The predicted octanol–water partition coefficient (Wildman–Crippen LogP) is 5.40. The smallest absolute Gasteiger partial charge is 0.448 e. The van der Waals surface area contributed by atoms with E-state index in [1.54, 1.807) is 12.1 Å². The largest absolute Gasteiger partial charge is 0.478 e. The molecule has 1 N–H and O–H groups in total. The van der Waals surface area contributed by atoms with Crippen molar-refractivity contribution in [3.8, 4) is 17.2 Å². The molecule has 0 aliphatic carbocycles. The summed E-state index contributed by atoms with van der Waals surface area (Å²) in [4.78, 5) is 11.2. The minimum Gasteiger partial charge on any atom is -0.478 e. The zero-order valence-corrected chi connectivity index (χ0v) is 14.8. The lowest BCUT2D eigenvalue weighted by molar-refractivity contribution is -0.204. The summed E-state index contributed by atoms with van der Waals surface area (Å²) in [5.41, 5.74) is 0.161. The van der Waals surface area contributed by atoms with Crippen LogP contribution in [-0.4, -0.2) is 22.3 Å². The zero-order valence-electron chi connectivity index (χ0n) is 14.0. The van der Waals surface area contributed by atoms with Crippen molar-refractivity contribution in [3.63, 3.8) is 0 Å². The van der Waals surface area contributed by atoms with Gasteiger partial charge in [-0.05, 0) is 42.3 Å². The molecule has 1 unspecified atom stereocenters. The third kappa shape index (κ3) is 3.60. The molecule has 1 aliphatic heterocycles. The number of benzene rings is 2. The standard InChI is InChI=1S/C19H14ClF3O4/c1-2-11-3-6-13(7-4-11)26-14-8-5-12-9-15(17(24)25)18(20,19(21,22)23)27-16(12)10-14/h3-10H,2H2,1H3,(H,24,25). The second-order valence-electron chi connectivity index (χ2n) is 5.86. The summed E-state index contributed by atoms with van der Waals surface area (Å²) in [6.07, 6.45) is -3.43. The number of fused-ring (bicyclic) bond motifs is 1. The lowest BCUT2D eigenvalue weighted by Crippen LogP contribution is -2.50. The molecule has 27 heavy (non-hydrogen) atoms. The van der Waals surface area contributed by atoms with Crippen LogP contribution in [0.1, 0.15) is 18.1 Å². The molecule has 3 rings (SSSR count). The van der Waals surface area contributed by atoms with Crippen LogP contribution in [0.3, 0.4) is 0 Å². The molecule has 0 bridgehead atoms. The van der Waals surface area contributed by atoms with Crippen molar-refractivity contribution in [2.24, 2.45) is 0 Å². The quantitative estimate of drug-likeness (QED) is 0.701. The molecule has 1 aliphatic rings. The first-order valence-electron chi connectivity index (χ1n) is 7.95. The molecule has 1 atom stereocenters. The van der Waals surface area contributed by atoms with Crippen LogP contribution in [0, 0.1) is 0 Å². The van der Waals surface area contributed by atoms with Crippen LogP contribution in [0.4, 0.5) is 13.2 Å². The molecule has 2 aromatic carbocycles. The Balaban J connectivity index is 1.95. The number of hydrogen-bond acceptors (Lipinski definition) is 3. The van der Waals surface area contributed by atoms with Gasteiger partial charge in [0.2, 0.25) is 0 Å². The van der Waals surface area contributed by atoms with Crippen LogP contribution in [0.15, 0.2) is 48.0 Å². The van der Waals surface area contributed by atoms with Crippen LogP contribution in [0.25, 0.3) is 6.08 Å². The van der Waals surface area contributed by atoms with Gasteiger partial charge in [-0.2, -0.15) is 13.2 Å². The Hall–Kier alpha value is -2.67. The van der Waals surface area contributed by atoms with Gasteiger partial charge in [0.25, 0.3) is 0 Å². The summed E-state index contributed by atoms with van der Waals surface area (Å²) in [5, 5.41) is 5.62. The number of ether oxygens (including phenoxy) is 2. The molecule has 8 heteroatoms. The Labute approximate surface area is 157 Å². The maximum atomic E-state index is 13.4. The van der Waals surface area contributed by atoms with E-state index in [9.17, 15) is 18.0 Å². The summed E-state index contributed by atoms with van der Waals surface area (Å²) < 4.78 is 50.6. The molecule has 1 heterocycles. The van der Waals surface area contributed by atoms with Crippen molar-refractivity contribution in [2.75, 3.05) is 0 Å². The second-order valence-corrected chi connectivity index (χ2v) is 6.39. The highest BCUT2D eigenvalue weighted by atomic mass is 35.5. The average Bonchev–Trinajstić information content (AvgIpc) is 2.60. The van der Waals surface area contributed by atoms with Crippen LogP contribution in [0.5, 0.6) is 17.2 Å². The van der Waals surface area contributed by atoms with E-state index in [0.29, 0.717) is 5.75 Å². The van der Waals surface area contributed by atoms with E-state index >= 15 is 0 Å². The zero-order chi connectivity index (χ0) is 19.8. The summed E-state index contributed by atoms with van der Waals surface area (Å²) in [6, 6.07) is 11.4. The molecule has 0 amide bonds. The Bertz CT molecular complexity index is 906. The molecule has 0 saturated carbocycles. The normalized spacial score (nSPS) is 18.9. The number of alkyl halides is 4. The maximum absolute atomic E-state index is 13.4. The number of halogens is 4. The number of carboxylic acid groups (broad SMARTS) is 1. The van der Waals surface area contributed by atoms with Gasteiger partial charge in [0.1, 0.15) is 22.8 Å². The maximum Gasteiger partial charge on any atom is 0.448 e. The van der Waals surface area contributed by atoms with E-state index in [2.05, 4.69) is 0 Å². The Morgan fingerprint density at radius 2 is 1.81 bits per heavy atom. The van der Waals surface area contributed by atoms with Gasteiger partial charge in [-0.1, -0.05) is 30.7 Å². The summed E-state index contributed by atoms with van der Waals surface area (Å²) in [6.45, 7) is 2.01. The highest BCUT2D eigenvalue weighted by Gasteiger charge is 2.62. The minimum absolute atomic E-state index is 0.154. The van der Waals surface area contributed by atoms with Crippen molar-refractivity contribution < 1.29 is 32.5 Å². The van der Waals surface area contributed by atoms with Crippen LogP contribution in [-0.2, 0) is 11.2 Å². The number of carbonyl (C=O) groups is 1. The van der Waals surface area contributed by atoms with Crippen molar-refractivity contribution in [2.45, 2.75) is 24.6 Å². The van der Waals surface area contributed by atoms with Crippen LogP contribution < -0.4 is 9.47 Å². The van der Waals surface area contributed by atoms with E-state index in [4.69, 9.17) is 26.2 Å². The monoisotopic (exact) mass is 398 g/mol. The van der Waals surface area contributed by atoms with E-state index in [0.717, 1.165) is 18.1 Å². The highest BCUT2D eigenvalue weighted by Crippen LogP contribution is 2.48. The first-order chi connectivity index (χ1) is 12.6.